The van der Waals surface area contributed by atoms with Gasteiger partial charge in [0.1, 0.15) is 6.61 Å². The first-order chi connectivity index (χ1) is 25.7. The molecule has 1 fully saturated rings. The standard InChI is InChI=1S/C37H42N4O5S.C2HF3O2/c38-47(44,45)35-16-14-29(15-17-35)18-22-41(36(42)28-46-27-30-8-2-1-3-9-30)26-31-10-6-11-32(24-31)33-12-7-13-34(25-33)37(43)39-19-23-40-20-4-5-21-40;3-2(4,5)1(6)7/h1-3,6-17,24-25H,4-5,18-23,26-28H2,(H,39,43)(H2,38,44,45);(H,6,7). The fourth-order valence-electron chi connectivity index (χ4n) is 5.67. The maximum absolute atomic E-state index is 13.4. The van der Waals surface area contributed by atoms with E-state index in [4.69, 9.17) is 19.8 Å². The number of alkyl halides is 3. The third-order valence-electron chi connectivity index (χ3n) is 8.53. The summed E-state index contributed by atoms with van der Waals surface area (Å²) in [5, 5.41) is 15.4. The molecular weight excluding hydrogens is 726 g/mol. The van der Waals surface area contributed by atoms with Gasteiger partial charge in [0.25, 0.3) is 5.91 Å². The molecule has 0 saturated carbocycles. The van der Waals surface area contributed by atoms with Crippen LogP contribution in [0.4, 0.5) is 13.2 Å². The van der Waals surface area contributed by atoms with Crippen molar-refractivity contribution in [1.29, 1.82) is 0 Å². The Bertz CT molecular complexity index is 1960. The van der Waals surface area contributed by atoms with Crippen molar-refractivity contribution in [2.45, 2.75) is 43.5 Å². The Morgan fingerprint density at radius 2 is 1.44 bits per heavy atom. The van der Waals surface area contributed by atoms with Crippen LogP contribution in [0.25, 0.3) is 11.1 Å². The van der Waals surface area contributed by atoms with E-state index in [1.165, 1.54) is 25.0 Å². The lowest BCUT2D eigenvalue weighted by Crippen LogP contribution is -2.35. The van der Waals surface area contributed by atoms with Gasteiger partial charge in [-0.25, -0.2) is 18.4 Å². The molecular formula is C39H43F3N4O7S. The number of benzene rings is 4. The lowest BCUT2D eigenvalue weighted by atomic mass is 10.0. The minimum Gasteiger partial charge on any atom is -0.475 e. The van der Waals surface area contributed by atoms with E-state index in [-0.39, 0.29) is 23.3 Å². The maximum atomic E-state index is 13.4. The zero-order chi connectivity index (χ0) is 39.1. The van der Waals surface area contributed by atoms with E-state index in [1.54, 1.807) is 17.0 Å². The molecule has 1 heterocycles. The number of nitrogens with two attached hydrogens (primary N) is 1. The fraction of sp³-hybridized carbons (Fsp3) is 0.308. The van der Waals surface area contributed by atoms with Crippen molar-refractivity contribution in [3.05, 3.63) is 125 Å². The van der Waals surface area contributed by atoms with Gasteiger partial charge in [0.15, 0.2) is 0 Å². The summed E-state index contributed by atoms with van der Waals surface area (Å²) in [6.07, 6.45) is -2.12. The number of sulfonamides is 1. The first kappa shape index (κ1) is 41.7. The molecule has 288 valence electrons. The highest BCUT2D eigenvalue weighted by Crippen LogP contribution is 2.23. The third-order valence-corrected chi connectivity index (χ3v) is 9.45. The van der Waals surface area contributed by atoms with Crippen LogP contribution in [0.1, 0.15) is 39.9 Å². The molecule has 5 rings (SSSR count). The minimum absolute atomic E-state index is 0.0453. The fourth-order valence-corrected chi connectivity index (χ4v) is 6.18. The predicted molar refractivity (Wildman–Crippen MR) is 197 cm³/mol. The number of carbonyl (C=O) groups excluding carboxylic acids is 2. The van der Waals surface area contributed by atoms with E-state index >= 15 is 0 Å². The summed E-state index contributed by atoms with van der Waals surface area (Å²) in [5.74, 6) is -3.00. The van der Waals surface area contributed by atoms with Crippen molar-refractivity contribution in [2.24, 2.45) is 5.14 Å². The molecule has 4 aromatic carbocycles. The lowest BCUT2D eigenvalue weighted by Gasteiger charge is -2.23. The molecule has 1 saturated heterocycles. The zero-order valence-corrected chi connectivity index (χ0v) is 30.3. The largest absolute Gasteiger partial charge is 0.490 e. The average molecular weight is 769 g/mol. The summed E-state index contributed by atoms with van der Waals surface area (Å²) in [5.41, 5.74) is 5.26. The van der Waals surface area contributed by atoms with Gasteiger partial charge < -0.3 is 25.0 Å². The van der Waals surface area contributed by atoms with Crippen LogP contribution >= 0.6 is 0 Å². The third kappa shape index (κ3) is 13.7. The van der Waals surface area contributed by atoms with Crippen LogP contribution in [0, 0.1) is 0 Å². The second kappa shape index (κ2) is 19.8. The quantitative estimate of drug-likeness (QED) is 0.148. The highest BCUT2D eigenvalue weighted by atomic mass is 32.2. The van der Waals surface area contributed by atoms with Gasteiger partial charge in [-0.15, -0.1) is 0 Å². The second-order valence-electron chi connectivity index (χ2n) is 12.6. The monoisotopic (exact) mass is 768 g/mol. The van der Waals surface area contributed by atoms with Gasteiger partial charge in [-0.05, 0) is 90.5 Å². The number of rotatable bonds is 15. The van der Waals surface area contributed by atoms with Crippen LogP contribution in [-0.2, 0) is 43.9 Å². The van der Waals surface area contributed by atoms with E-state index in [1.807, 2.05) is 78.9 Å². The molecule has 54 heavy (non-hydrogen) atoms. The molecule has 4 N–H and O–H groups in total. The molecule has 0 unspecified atom stereocenters. The van der Waals surface area contributed by atoms with Gasteiger partial charge >= 0.3 is 12.1 Å². The van der Waals surface area contributed by atoms with Crippen LogP contribution in [0.5, 0.6) is 0 Å². The number of carboxylic acids is 1. The van der Waals surface area contributed by atoms with Crippen LogP contribution < -0.4 is 10.5 Å². The van der Waals surface area contributed by atoms with Gasteiger partial charge in [-0.1, -0.05) is 72.8 Å². The number of nitrogens with zero attached hydrogens (tertiary/aromatic N) is 2. The Labute approximate surface area is 312 Å². The maximum Gasteiger partial charge on any atom is 0.490 e. The SMILES string of the molecule is NS(=O)(=O)c1ccc(CCN(Cc2cccc(-c3cccc(C(=O)NCCN4CCCC4)c3)c2)C(=O)COCc2ccccc2)cc1.O=C(O)C(F)(F)F. The molecule has 0 aromatic heterocycles. The number of amides is 2. The Hall–Kier alpha value is -5.09. The molecule has 1 aliphatic heterocycles. The molecule has 15 heteroatoms. The average Bonchev–Trinajstić information content (AvgIpc) is 3.67. The van der Waals surface area contributed by atoms with Gasteiger partial charge in [0.05, 0.1) is 11.5 Å². The van der Waals surface area contributed by atoms with Gasteiger partial charge in [-0.2, -0.15) is 13.2 Å². The molecule has 0 atom stereocenters. The first-order valence-electron chi connectivity index (χ1n) is 17.2. The molecule has 4 aromatic rings. The predicted octanol–water partition coefficient (Wildman–Crippen LogP) is 5.25. The summed E-state index contributed by atoms with van der Waals surface area (Å²) in [6.45, 7) is 4.68. The van der Waals surface area contributed by atoms with Crippen molar-refractivity contribution in [3.63, 3.8) is 0 Å². The molecule has 11 nitrogen and oxygen atoms in total. The van der Waals surface area contributed by atoms with E-state index in [2.05, 4.69) is 10.2 Å². The van der Waals surface area contributed by atoms with E-state index in [0.717, 1.165) is 47.5 Å². The number of hydrogen-bond acceptors (Lipinski definition) is 7. The molecule has 0 aliphatic carbocycles. The van der Waals surface area contributed by atoms with Crippen molar-refractivity contribution in [2.75, 3.05) is 39.3 Å². The van der Waals surface area contributed by atoms with Crippen molar-refractivity contribution >= 4 is 27.8 Å². The molecule has 2 amide bonds. The molecule has 0 spiro atoms. The Kier molecular flexibility index (Phi) is 15.3. The van der Waals surface area contributed by atoms with Crippen LogP contribution in [-0.4, -0.2) is 86.6 Å². The van der Waals surface area contributed by atoms with Crippen molar-refractivity contribution < 1.29 is 45.8 Å². The van der Waals surface area contributed by atoms with Gasteiger partial charge in [-0.3, -0.25) is 9.59 Å². The number of carboxylic acid groups (broad SMARTS) is 1. The van der Waals surface area contributed by atoms with Gasteiger partial charge in [0.2, 0.25) is 15.9 Å². The normalized spacial score (nSPS) is 13.1. The second-order valence-corrected chi connectivity index (χ2v) is 14.2. The highest BCUT2D eigenvalue weighted by Gasteiger charge is 2.38. The van der Waals surface area contributed by atoms with E-state index in [0.29, 0.717) is 38.2 Å². The van der Waals surface area contributed by atoms with Crippen LogP contribution in [0.15, 0.2) is 108 Å². The summed E-state index contributed by atoms with van der Waals surface area (Å²) in [6, 6.07) is 31.6. The molecule has 0 radical (unpaired) electrons. The van der Waals surface area contributed by atoms with E-state index < -0.39 is 22.2 Å². The summed E-state index contributed by atoms with van der Waals surface area (Å²) < 4.78 is 60.8. The molecule has 1 aliphatic rings. The van der Waals surface area contributed by atoms with Crippen molar-refractivity contribution in [3.8, 4) is 11.1 Å². The van der Waals surface area contributed by atoms with Gasteiger partial charge in [0, 0.05) is 31.7 Å². The van der Waals surface area contributed by atoms with Crippen molar-refractivity contribution in [1.82, 2.24) is 15.1 Å². The minimum atomic E-state index is -5.08. The van der Waals surface area contributed by atoms with Crippen LogP contribution in [0.3, 0.4) is 0 Å². The number of hydrogen-bond donors (Lipinski definition) is 3. The number of carbonyl (C=O) groups is 3. The summed E-state index contributed by atoms with van der Waals surface area (Å²) in [4.78, 5) is 39.4. The zero-order valence-electron chi connectivity index (χ0n) is 29.5. The number of likely N-dealkylation sites (tertiary alicyclic amines) is 1. The number of ether oxygens (including phenoxy) is 1. The number of nitrogens with one attached hydrogen (secondary N) is 1. The lowest BCUT2D eigenvalue weighted by molar-refractivity contribution is -0.192. The Morgan fingerprint density at radius 3 is 2.07 bits per heavy atom. The van der Waals surface area contributed by atoms with Crippen LogP contribution in [0.2, 0.25) is 0 Å². The molecule has 0 bridgehead atoms. The Balaban J connectivity index is 0.000000845. The topological polar surface area (TPSA) is 159 Å². The number of aliphatic carboxylic acids is 1. The number of halogens is 3. The summed E-state index contributed by atoms with van der Waals surface area (Å²) >= 11 is 0. The first-order valence-corrected chi connectivity index (χ1v) is 18.7. The summed E-state index contributed by atoms with van der Waals surface area (Å²) in [7, 11) is -3.79. The van der Waals surface area contributed by atoms with E-state index in [9.17, 15) is 31.2 Å². The smallest absolute Gasteiger partial charge is 0.475 e. The Morgan fingerprint density at radius 1 is 0.833 bits per heavy atom. The number of primary sulfonamides is 1. The highest BCUT2D eigenvalue weighted by molar-refractivity contribution is 7.89.